The van der Waals surface area contributed by atoms with Gasteiger partial charge in [-0.15, -0.1) is 0 Å². The molecular formula is C35H48N4O2. The molecule has 0 aliphatic rings. The van der Waals surface area contributed by atoms with Crippen molar-refractivity contribution < 1.29 is 0 Å². The van der Waals surface area contributed by atoms with Gasteiger partial charge >= 0.3 is 11.4 Å². The van der Waals surface area contributed by atoms with Crippen molar-refractivity contribution in [2.24, 2.45) is 0 Å². The summed E-state index contributed by atoms with van der Waals surface area (Å²) in [7, 11) is 0. The van der Waals surface area contributed by atoms with Crippen molar-refractivity contribution in [3.8, 4) is 5.69 Å². The topological polar surface area (TPSA) is 63.7 Å². The van der Waals surface area contributed by atoms with Crippen LogP contribution in [-0.4, -0.2) is 18.4 Å². The van der Waals surface area contributed by atoms with E-state index in [2.05, 4.69) is 43.1 Å². The number of aromatic amines is 1. The first-order chi connectivity index (χ1) is 19.0. The maximum atomic E-state index is 12.3. The summed E-state index contributed by atoms with van der Waals surface area (Å²) in [4.78, 5) is 25.8. The van der Waals surface area contributed by atoms with Crippen LogP contribution >= 0.6 is 0 Å². The minimum Gasteiger partial charge on any atom is -0.314 e. The molecule has 0 spiro atoms. The smallest absolute Gasteiger partial charge is 0.314 e. The van der Waals surface area contributed by atoms with E-state index in [-0.39, 0.29) is 26.2 Å². The molecule has 0 radical (unpaired) electrons. The van der Waals surface area contributed by atoms with Crippen molar-refractivity contribution >= 4 is 11.0 Å². The summed E-state index contributed by atoms with van der Waals surface area (Å²) in [6.45, 7) is 14.2. The van der Waals surface area contributed by atoms with E-state index in [1.807, 2.05) is 101 Å². The number of benzene rings is 2. The number of aromatic nitrogens is 4. The Morgan fingerprint density at radius 2 is 1.02 bits per heavy atom. The molecule has 0 fully saturated rings. The van der Waals surface area contributed by atoms with Gasteiger partial charge in [0.05, 0.1) is 16.7 Å². The number of aryl methyl sites for hydroxylation is 3. The van der Waals surface area contributed by atoms with Gasteiger partial charge in [0.2, 0.25) is 0 Å². The van der Waals surface area contributed by atoms with Crippen LogP contribution in [0.4, 0.5) is 0 Å². The molecule has 4 aromatic heterocycles. The lowest BCUT2D eigenvalue weighted by molar-refractivity contribution is 0.877. The molecule has 1 N–H and O–H groups in total. The number of H-pyrrole nitrogens is 1. The minimum absolute atomic E-state index is 0. The molecule has 4 heterocycles. The van der Waals surface area contributed by atoms with Crippen LogP contribution in [0.1, 0.15) is 59.2 Å². The molecule has 0 aliphatic carbocycles. The second kappa shape index (κ2) is 18.7. The van der Waals surface area contributed by atoms with E-state index in [0.29, 0.717) is 0 Å². The fourth-order valence-corrected chi connectivity index (χ4v) is 3.70. The predicted molar refractivity (Wildman–Crippen MR) is 178 cm³/mol. The number of hydrogen-bond donors (Lipinski definition) is 1. The van der Waals surface area contributed by atoms with E-state index in [1.165, 1.54) is 11.1 Å². The molecule has 0 atom stereocenters. The van der Waals surface area contributed by atoms with Gasteiger partial charge in [-0.05, 0) is 79.9 Å². The van der Waals surface area contributed by atoms with E-state index in [1.54, 1.807) is 32.0 Å². The van der Waals surface area contributed by atoms with Crippen LogP contribution in [-0.2, 0) is 0 Å². The van der Waals surface area contributed by atoms with Gasteiger partial charge in [0.1, 0.15) is 0 Å². The highest BCUT2D eigenvalue weighted by Crippen LogP contribution is 2.11. The van der Waals surface area contributed by atoms with Crippen LogP contribution < -0.4 is 11.4 Å². The summed E-state index contributed by atoms with van der Waals surface area (Å²) in [5, 5.41) is 0. The molecule has 0 bridgehead atoms. The van der Waals surface area contributed by atoms with E-state index < -0.39 is 0 Å². The van der Waals surface area contributed by atoms with Gasteiger partial charge in [-0.25, -0.2) is 9.59 Å². The third-order valence-corrected chi connectivity index (χ3v) is 5.85. The van der Waals surface area contributed by atoms with Gasteiger partial charge in [-0.1, -0.05) is 85.0 Å². The van der Waals surface area contributed by atoms with Gasteiger partial charge in [0.15, 0.2) is 0 Å². The normalized spacial score (nSPS) is 9.15. The highest BCUT2D eigenvalue weighted by atomic mass is 16.1. The van der Waals surface area contributed by atoms with Crippen LogP contribution in [0.5, 0.6) is 0 Å². The Morgan fingerprint density at radius 3 is 1.54 bits per heavy atom. The van der Waals surface area contributed by atoms with Crippen LogP contribution in [0.15, 0.2) is 119 Å². The van der Waals surface area contributed by atoms with E-state index in [4.69, 9.17) is 0 Å². The number of rotatable bonds is 1. The van der Waals surface area contributed by atoms with Gasteiger partial charge in [-0.2, -0.15) is 0 Å². The first-order valence-electron chi connectivity index (χ1n) is 13.4. The summed E-state index contributed by atoms with van der Waals surface area (Å²) < 4.78 is 4.87. The van der Waals surface area contributed by atoms with Crippen LogP contribution in [0, 0.1) is 20.8 Å². The highest BCUT2D eigenvalue weighted by molar-refractivity contribution is 5.48. The van der Waals surface area contributed by atoms with Gasteiger partial charge in [0, 0.05) is 24.8 Å². The van der Waals surface area contributed by atoms with Crippen molar-refractivity contribution in [2.45, 2.75) is 63.3 Å². The predicted octanol–water partition coefficient (Wildman–Crippen LogP) is 8.65. The molecule has 6 nitrogen and oxygen atoms in total. The fourth-order valence-electron chi connectivity index (χ4n) is 3.70. The Kier molecular flexibility index (Phi) is 16.6. The van der Waals surface area contributed by atoms with Crippen molar-refractivity contribution in [1.29, 1.82) is 0 Å². The lowest BCUT2D eigenvalue weighted by atomic mass is 10.1. The Labute approximate surface area is 245 Å². The van der Waals surface area contributed by atoms with Crippen molar-refractivity contribution in [3.63, 3.8) is 0 Å². The fraction of sp³-hybridized carbons (Fsp3) is 0.257. The summed E-state index contributed by atoms with van der Waals surface area (Å²) in [5.74, 6) is 0. The molecule has 0 amide bonds. The quantitative estimate of drug-likeness (QED) is 0.220. The third kappa shape index (κ3) is 9.53. The first-order valence-corrected chi connectivity index (χ1v) is 13.4. The summed E-state index contributed by atoms with van der Waals surface area (Å²) >= 11 is 0. The molecule has 2 aromatic carbocycles. The number of fused-ring (bicyclic) bond motifs is 2. The Bertz CT molecular complexity index is 1660. The molecule has 0 unspecified atom stereocenters. The van der Waals surface area contributed by atoms with Gasteiger partial charge in [0.25, 0.3) is 0 Å². The second-order valence-electron chi connectivity index (χ2n) is 8.23. The molecule has 0 saturated carbocycles. The van der Waals surface area contributed by atoms with E-state index >= 15 is 0 Å². The molecule has 0 aliphatic heterocycles. The molecule has 6 aromatic rings. The lowest BCUT2D eigenvalue weighted by Gasteiger charge is -2.09. The Morgan fingerprint density at radius 1 is 0.537 bits per heavy atom. The van der Waals surface area contributed by atoms with Crippen molar-refractivity contribution in [3.05, 3.63) is 147 Å². The summed E-state index contributed by atoms with van der Waals surface area (Å²) in [6, 6.07) is 27.5. The number of nitrogens with zero attached hydrogens (tertiary/aromatic N) is 3. The summed E-state index contributed by atoms with van der Waals surface area (Å²) in [6.07, 6.45) is 6.97. The standard InChI is InChI=1S/C14H12N2O.C8H10.C7H6N2O.2C2H6.2CH4/c1-11-5-2-3-7-13(11)16-10-8-12-6-4-9-15(12)14(16)17;1-7-5-3-4-6-8(7)2;10-7-8-4-3-6-2-1-5-9(6)7;2*1-2;;/h2-10H,1H3;3-6H,1-2H3;1-5H,(H,8,10);2*1-2H3;2*1H4. The van der Waals surface area contributed by atoms with Crippen molar-refractivity contribution in [2.75, 3.05) is 0 Å². The third-order valence-electron chi connectivity index (χ3n) is 5.85. The zero-order valence-corrected chi connectivity index (χ0v) is 24.1. The minimum atomic E-state index is -0.0949. The lowest BCUT2D eigenvalue weighted by Crippen LogP contribution is -2.24. The van der Waals surface area contributed by atoms with E-state index in [9.17, 15) is 9.59 Å². The van der Waals surface area contributed by atoms with Gasteiger partial charge in [-0.3, -0.25) is 13.4 Å². The molecule has 0 saturated heterocycles. The maximum absolute atomic E-state index is 12.3. The van der Waals surface area contributed by atoms with Crippen LogP contribution in [0.25, 0.3) is 16.7 Å². The average molecular weight is 557 g/mol. The van der Waals surface area contributed by atoms with Crippen LogP contribution in [0.3, 0.4) is 0 Å². The zero-order valence-electron chi connectivity index (χ0n) is 24.1. The largest absolute Gasteiger partial charge is 0.337 e. The highest BCUT2D eigenvalue weighted by Gasteiger charge is 2.05. The van der Waals surface area contributed by atoms with E-state index in [0.717, 1.165) is 22.3 Å². The molecular weight excluding hydrogens is 508 g/mol. The first kappa shape index (κ1) is 36.4. The second-order valence-corrected chi connectivity index (χ2v) is 8.23. The maximum Gasteiger partial charge on any atom is 0.337 e. The Hall–Kier alpha value is -4.58. The zero-order chi connectivity index (χ0) is 28.8. The van der Waals surface area contributed by atoms with Crippen molar-refractivity contribution in [1.82, 2.24) is 18.4 Å². The number of hydrogen-bond acceptors (Lipinski definition) is 2. The molecule has 6 heteroatoms. The monoisotopic (exact) mass is 556 g/mol. The average Bonchev–Trinajstić information content (AvgIpc) is 3.65. The molecule has 220 valence electrons. The summed E-state index contributed by atoms with van der Waals surface area (Å²) in [5.41, 5.74) is 6.45. The Balaban J connectivity index is 0.000000576. The number of para-hydroxylation sites is 1. The molecule has 41 heavy (non-hydrogen) atoms. The molecule has 6 rings (SSSR count). The number of nitrogens with one attached hydrogen (secondary N) is 1. The van der Waals surface area contributed by atoms with Gasteiger partial charge < -0.3 is 4.98 Å². The van der Waals surface area contributed by atoms with Crippen LogP contribution in [0.2, 0.25) is 0 Å². The SMILES string of the molecule is C.C.CC.CC.Cc1ccccc1-n1ccc2cccn2c1=O.Cc1ccccc1C.O=c1[nH]ccc2cccn12.